The lowest BCUT2D eigenvalue weighted by atomic mass is 9.70. The van der Waals surface area contributed by atoms with Crippen molar-refractivity contribution in [3.05, 3.63) is 106 Å². The van der Waals surface area contributed by atoms with E-state index in [1.54, 1.807) is 42.5 Å². The van der Waals surface area contributed by atoms with Crippen LogP contribution < -0.4 is 11.1 Å². The Kier molecular flexibility index (Phi) is 9.38. The van der Waals surface area contributed by atoms with Crippen molar-refractivity contribution >= 4 is 34.5 Å². The quantitative estimate of drug-likeness (QED) is 0.0492. The average molecular weight is 761 g/mol. The molecular weight excluding hydrogens is 724 g/mol. The topological polar surface area (TPSA) is 252 Å². The highest BCUT2D eigenvalue weighted by Gasteiger charge is 2.52. The molecule has 16 heteroatoms. The minimum absolute atomic E-state index is 0.0113. The molecule has 0 saturated carbocycles. The van der Waals surface area contributed by atoms with Crippen LogP contribution in [0.25, 0.3) is 11.0 Å². The van der Waals surface area contributed by atoms with E-state index < -0.39 is 36.3 Å². The lowest BCUT2D eigenvalue weighted by Gasteiger charge is -2.37. The first-order valence-corrected chi connectivity index (χ1v) is 18.0. The SMILES string of the molecule is Nc1ncnc2c1c(C#CCNC(=O)CCCCCC(=O)c1ccc3c(c1)C1(OC3=O)c3ccc(O)cc3Cc3cc(O)ccc31)nn2C1OC(O)C(O)C1O. The summed E-state index contributed by atoms with van der Waals surface area (Å²) < 4.78 is 12.6. The van der Waals surface area contributed by atoms with Gasteiger partial charge in [-0.1, -0.05) is 30.5 Å². The highest BCUT2D eigenvalue weighted by molar-refractivity contribution is 6.01. The number of fused-ring (bicyclic) bond motifs is 7. The van der Waals surface area contributed by atoms with Gasteiger partial charge in [-0.3, -0.25) is 9.59 Å². The fraction of sp³-hybridized carbons (Fsp3) is 0.300. The first-order valence-electron chi connectivity index (χ1n) is 18.0. The molecule has 286 valence electrons. The Morgan fingerprint density at radius 1 is 0.911 bits per heavy atom. The zero-order valence-electron chi connectivity index (χ0n) is 29.7. The van der Waals surface area contributed by atoms with E-state index in [2.05, 4.69) is 32.2 Å². The number of carbonyl (C=O) groups is 3. The summed E-state index contributed by atoms with van der Waals surface area (Å²) in [5.74, 6) is 4.90. The van der Waals surface area contributed by atoms with E-state index in [0.717, 1.165) is 15.8 Å². The van der Waals surface area contributed by atoms with Crippen LogP contribution in [0.2, 0.25) is 0 Å². The number of aromatic nitrogens is 4. The van der Waals surface area contributed by atoms with Crippen molar-refractivity contribution in [2.75, 3.05) is 12.3 Å². The number of phenolic OH excluding ortho intramolecular Hbond substituents is 2. The minimum atomic E-state index is -1.63. The van der Waals surface area contributed by atoms with Gasteiger partial charge in [0.2, 0.25) is 5.91 Å². The second-order valence-electron chi connectivity index (χ2n) is 13.9. The first-order chi connectivity index (χ1) is 27.0. The molecule has 3 aromatic carbocycles. The van der Waals surface area contributed by atoms with Crippen LogP contribution in [0.1, 0.15) is 92.6 Å². The zero-order valence-corrected chi connectivity index (χ0v) is 29.7. The fourth-order valence-electron chi connectivity index (χ4n) is 7.68. The standard InChI is InChI=1S/C40H36N6O10/c41-35-32-29(45-46(36(32)44-19-43-35)37-33(51)34(52)39(54)55-37)5-4-14-42-31(50)7-3-1-2-6-30(49)20-8-11-25-28(18-20)40(56-38(25)53)26-12-9-23(47)16-21(26)15-22-17-24(48)10-13-27(22)40/h8-13,16-19,33-34,37,39,47-48,51-52,54H,1-3,6-7,14-15H2,(H,42,50)(H2,41,43,44). The highest BCUT2D eigenvalue weighted by atomic mass is 16.7. The Balaban J connectivity index is 0.876. The number of aliphatic hydroxyl groups is 3. The molecule has 0 radical (unpaired) electrons. The van der Waals surface area contributed by atoms with E-state index in [4.69, 9.17) is 15.2 Å². The maximum absolute atomic E-state index is 13.4. The zero-order chi connectivity index (χ0) is 39.3. The largest absolute Gasteiger partial charge is 0.508 e. The summed E-state index contributed by atoms with van der Waals surface area (Å²) in [5.41, 5.74) is 9.09. The van der Waals surface area contributed by atoms with Gasteiger partial charge < -0.3 is 46.1 Å². The Morgan fingerprint density at radius 3 is 2.32 bits per heavy atom. The van der Waals surface area contributed by atoms with E-state index in [1.807, 2.05) is 0 Å². The van der Waals surface area contributed by atoms with Gasteiger partial charge in [-0.15, -0.1) is 0 Å². The third kappa shape index (κ3) is 6.26. The van der Waals surface area contributed by atoms with Gasteiger partial charge >= 0.3 is 5.97 Å². The summed E-state index contributed by atoms with van der Waals surface area (Å²) in [6.45, 7) is -0.0113. The molecule has 1 spiro atoms. The van der Waals surface area contributed by atoms with Crippen LogP contribution in [-0.4, -0.2) is 88.0 Å². The number of unbranched alkanes of at least 4 members (excludes halogenated alkanes) is 2. The van der Waals surface area contributed by atoms with Crippen LogP contribution in [0.4, 0.5) is 5.82 Å². The van der Waals surface area contributed by atoms with Crippen LogP contribution in [0.15, 0.2) is 60.9 Å². The second kappa shape index (κ2) is 14.4. The second-order valence-corrected chi connectivity index (χ2v) is 13.9. The number of carbonyl (C=O) groups excluding carboxylic acids is 3. The number of aromatic hydroxyl groups is 2. The molecule has 4 heterocycles. The predicted octanol–water partition coefficient (Wildman–Crippen LogP) is 2.06. The number of anilines is 1. The first kappa shape index (κ1) is 36.6. The van der Waals surface area contributed by atoms with Gasteiger partial charge in [-0.05, 0) is 72.7 Å². The van der Waals surface area contributed by atoms with Crippen molar-refractivity contribution in [3.8, 4) is 23.3 Å². The van der Waals surface area contributed by atoms with Crippen molar-refractivity contribution in [3.63, 3.8) is 0 Å². The Labute approximate surface area is 318 Å². The molecule has 4 unspecified atom stereocenters. The summed E-state index contributed by atoms with van der Waals surface area (Å²) in [5, 5.41) is 57.9. The summed E-state index contributed by atoms with van der Waals surface area (Å²) in [4.78, 5) is 47.4. The summed E-state index contributed by atoms with van der Waals surface area (Å²) in [6.07, 6.45) is -2.25. The van der Waals surface area contributed by atoms with Crippen molar-refractivity contribution in [1.29, 1.82) is 0 Å². The van der Waals surface area contributed by atoms with Crippen molar-refractivity contribution in [1.82, 2.24) is 25.1 Å². The molecule has 2 aromatic heterocycles. The van der Waals surface area contributed by atoms with E-state index in [-0.39, 0.29) is 65.1 Å². The van der Waals surface area contributed by atoms with Crippen LogP contribution in [0.3, 0.4) is 0 Å². The number of phenols is 2. The predicted molar refractivity (Wildman–Crippen MR) is 196 cm³/mol. The smallest absolute Gasteiger partial charge is 0.340 e. The molecule has 2 aliphatic heterocycles. The van der Waals surface area contributed by atoms with Gasteiger partial charge in [0.15, 0.2) is 29.5 Å². The third-order valence-corrected chi connectivity index (χ3v) is 10.4. The van der Waals surface area contributed by atoms with Gasteiger partial charge in [0.1, 0.15) is 41.5 Å². The van der Waals surface area contributed by atoms with Gasteiger partial charge in [-0.25, -0.2) is 19.4 Å². The van der Waals surface area contributed by atoms with Crippen LogP contribution >= 0.6 is 0 Å². The molecule has 56 heavy (non-hydrogen) atoms. The molecule has 1 amide bonds. The number of hydrogen-bond acceptors (Lipinski definition) is 14. The number of rotatable bonds is 9. The lowest BCUT2D eigenvalue weighted by Crippen LogP contribution is -2.35. The number of nitrogen functional groups attached to an aromatic ring is 1. The van der Waals surface area contributed by atoms with Gasteiger partial charge in [0.25, 0.3) is 0 Å². The molecule has 4 atom stereocenters. The molecule has 1 fully saturated rings. The number of Topliss-reactive ketones (excluding diaryl/α,β-unsaturated/α-hetero) is 1. The molecule has 8 rings (SSSR count). The van der Waals surface area contributed by atoms with Crippen molar-refractivity contribution in [2.45, 2.75) is 68.9 Å². The van der Waals surface area contributed by atoms with E-state index in [1.165, 1.54) is 18.5 Å². The number of nitrogens with two attached hydrogens (primary N) is 1. The number of benzene rings is 3. The molecule has 16 nitrogen and oxygen atoms in total. The fourth-order valence-corrected chi connectivity index (χ4v) is 7.68. The van der Waals surface area contributed by atoms with Crippen LogP contribution in [-0.2, 0) is 26.3 Å². The molecular formula is C40H36N6O10. The highest BCUT2D eigenvalue weighted by Crippen LogP contribution is 2.53. The molecule has 1 aliphatic carbocycles. The number of amides is 1. The third-order valence-electron chi connectivity index (χ3n) is 10.4. The monoisotopic (exact) mass is 760 g/mol. The number of nitrogens with one attached hydrogen (secondary N) is 1. The minimum Gasteiger partial charge on any atom is -0.508 e. The van der Waals surface area contributed by atoms with E-state index >= 15 is 0 Å². The number of ketones is 1. The number of hydrogen-bond donors (Lipinski definition) is 7. The number of ether oxygens (including phenoxy) is 2. The summed E-state index contributed by atoms with van der Waals surface area (Å²) in [6, 6.07) is 14.7. The molecule has 0 bridgehead atoms. The maximum Gasteiger partial charge on any atom is 0.340 e. The lowest BCUT2D eigenvalue weighted by molar-refractivity contribution is -0.143. The Bertz CT molecular complexity index is 2440. The van der Waals surface area contributed by atoms with Crippen molar-refractivity contribution < 1.29 is 49.4 Å². The Hall–Kier alpha value is -6.38. The van der Waals surface area contributed by atoms with Gasteiger partial charge in [-0.2, -0.15) is 5.10 Å². The number of esters is 1. The summed E-state index contributed by atoms with van der Waals surface area (Å²) in [7, 11) is 0. The van der Waals surface area contributed by atoms with Crippen LogP contribution in [0, 0.1) is 11.8 Å². The molecule has 8 N–H and O–H groups in total. The normalized spacial score (nSPS) is 20.2. The molecule has 1 saturated heterocycles. The number of nitrogens with zero attached hydrogens (tertiary/aromatic N) is 4. The van der Waals surface area contributed by atoms with E-state index in [9.17, 15) is 39.9 Å². The molecule has 5 aromatic rings. The Morgan fingerprint density at radius 2 is 1.62 bits per heavy atom. The van der Waals surface area contributed by atoms with Crippen LogP contribution in [0.5, 0.6) is 11.5 Å². The molecule has 3 aliphatic rings. The van der Waals surface area contributed by atoms with E-state index in [0.29, 0.717) is 53.5 Å². The average Bonchev–Trinajstić information content (AvgIpc) is 3.78. The summed E-state index contributed by atoms with van der Waals surface area (Å²) >= 11 is 0. The van der Waals surface area contributed by atoms with Gasteiger partial charge in [0, 0.05) is 35.1 Å². The van der Waals surface area contributed by atoms with Gasteiger partial charge in [0.05, 0.1) is 17.5 Å². The van der Waals surface area contributed by atoms with Crippen molar-refractivity contribution in [2.24, 2.45) is 0 Å². The number of aliphatic hydroxyl groups excluding tert-OH is 3. The maximum atomic E-state index is 13.4.